The summed E-state index contributed by atoms with van der Waals surface area (Å²) in [6.07, 6.45) is 1.99. The standard InChI is InChI=1S/C9H18N2O2/c1-10(2)7-8-5-4-6-11(8)9(12)13-3/h8H,4-7H2,1-3H3. The molecule has 1 amide bonds. The van der Waals surface area contributed by atoms with Gasteiger partial charge in [0, 0.05) is 19.1 Å². The van der Waals surface area contributed by atoms with Crippen molar-refractivity contribution in [2.24, 2.45) is 0 Å². The number of hydrogen-bond acceptors (Lipinski definition) is 3. The van der Waals surface area contributed by atoms with E-state index in [1.165, 1.54) is 7.11 Å². The first-order valence-corrected chi connectivity index (χ1v) is 4.64. The maximum atomic E-state index is 11.3. The van der Waals surface area contributed by atoms with Crippen LogP contribution >= 0.6 is 0 Å². The van der Waals surface area contributed by atoms with E-state index in [-0.39, 0.29) is 6.09 Å². The molecule has 0 radical (unpaired) electrons. The first-order chi connectivity index (χ1) is 6.15. The molecule has 4 nitrogen and oxygen atoms in total. The van der Waals surface area contributed by atoms with Crippen LogP contribution in [-0.4, -0.2) is 56.2 Å². The zero-order valence-corrected chi connectivity index (χ0v) is 8.62. The van der Waals surface area contributed by atoms with Crippen LogP contribution < -0.4 is 0 Å². The predicted molar refractivity (Wildman–Crippen MR) is 50.7 cm³/mol. The number of methoxy groups -OCH3 is 1. The molecule has 76 valence electrons. The van der Waals surface area contributed by atoms with Crippen molar-refractivity contribution < 1.29 is 9.53 Å². The largest absolute Gasteiger partial charge is 0.453 e. The highest BCUT2D eigenvalue weighted by atomic mass is 16.5. The summed E-state index contributed by atoms with van der Waals surface area (Å²) in [6.45, 7) is 1.76. The highest BCUT2D eigenvalue weighted by molar-refractivity contribution is 5.68. The molecule has 1 saturated heterocycles. The van der Waals surface area contributed by atoms with Crippen molar-refractivity contribution in [3.8, 4) is 0 Å². The SMILES string of the molecule is COC(=O)N1CCCC1CN(C)C. The van der Waals surface area contributed by atoms with Gasteiger partial charge in [-0.05, 0) is 26.9 Å². The van der Waals surface area contributed by atoms with Crippen LogP contribution in [0.4, 0.5) is 4.79 Å². The molecule has 0 saturated carbocycles. The van der Waals surface area contributed by atoms with Crippen LogP contribution in [-0.2, 0) is 4.74 Å². The number of rotatable bonds is 2. The average molecular weight is 186 g/mol. The molecular weight excluding hydrogens is 168 g/mol. The van der Waals surface area contributed by atoms with Crippen LogP contribution in [0.2, 0.25) is 0 Å². The van der Waals surface area contributed by atoms with Crippen LogP contribution in [0.15, 0.2) is 0 Å². The first kappa shape index (κ1) is 10.3. The molecule has 0 bridgehead atoms. The van der Waals surface area contributed by atoms with Gasteiger partial charge in [0.1, 0.15) is 0 Å². The fraction of sp³-hybridized carbons (Fsp3) is 0.889. The third-order valence-corrected chi connectivity index (χ3v) is 2.36. The first-order valence-electron chi connectivity index (χ1n) is 4.64. The van der Waals surface area contributed by atoms with Crippen LogP contribution in [0.25, 0.3) is 0 Å². The highest BCUT2D eigenvalue weighted by Gasteiger charge is 2.29. The number of amides is 1. The van der Waals surface area contributed by atoms with E-state index >= 15 is 0 Å². The Morgan fingerprint density at radius 2 is 2.31 bits per heavy atom. The quantitative estimate of drug-likeness (QED) is 0.639. The van der Waals surface area contributed by atoms with Crippen LogP contribution in [0.5, 0.6) is 0 Å². The van der Waals surface area contributed by atoms with Crippen LogP contribution in [0.1, 0.15) is 12.8 Å². The van der Waals surface area contributed by atoms with Crippen molar-refractivity contribution >= 4 is 6.09 Å². The van der Waals surface area contributed by atoms with Crippen LogP contribution in [0, 0.1) is 0 Å². The van der Waals surface area contributed by atoms with Crippen molar-refractivity contribution in [2.75, 3.05) is 34.3 Å². The molecule has 0 aromatic carbocycles. The lowest BCUT2D eigenvalue weighted by atomic mass is 10.2. The number of ether oxygens (including phenoxy) is 1. The molecule has 1 aliphatic heterocycles. The second-order valence-corrected chi connectivity index (χ2v) is 3.72. The van der Waals surface area contributed by atoms with E-state index in [9.17, 15) is 4.79 Å². The number of likely N-dealkylation sites (tertiary alicyclic amines) is 1. The van der Waals surface area contributed by atoms with Crippen molar-refractivity contribution in [1.82, 2.24) is 9.80 Å². The molecule has 1 heterocycles. The van der Waals surface area contributed by atoms with Gasteiger partial charge in [0.05, 0.1) is 7.11 Å². The van der Waals surface area contributed by atoms with E-state index in [0.29, 0.717) is 6.04 Å². The minimum absolute atomic E-state index is 0.190. The molecule has 1 unspecified atom stereocenters. The second-order valence-electron chi connectivity index (χ2n) is 3.72. The molecule has 4 heteroatoms. The molecule has 0 aromatic heterocycles. The Morgan fingerprint density at radius 3 is 2.85 bits per heavy atom. The van der Waals surface area contributed by atoms with Crippen molar-refractivity contribution in [2.45, 2.75) is 18.9 Å². The maximum absolute atomic E-state index is 11.3. The zero-order valence-electron chi connectivity index (χ0n) is 8.62. The number of carbonyl (C=O) groups is 1. The van der Waals surface area contributed by atoms with E-state index < -0.39 is 0 Å². The lowest BCUT2D eigenvalue weighted by molar-refractivity contribution is 0.113. The molecular formula is C9H18N2O2. The van der Waals surface area contributed by atoms with Gasteiger partial charge in [-0.2, -0.15) is 0 Å². The van der Waals surface area contributed by atoms with Gasteiger partial charge in [0.15, 0.2) is 0 Å². The summed E-state index contributed by atoms with van der Waals surface area (Å²) in [7, 11) is 5.48. The Balaban J connectivity index is 2.48. The fourth-order valence-corrected chi connectivity index (χ4v) is 1.80. The summed E-state index contributed by atoms with van der Waals surface area (Å²) in [6, 6.07) is 0.336. The molecule has 1 aliphatic rings. The number of carbonyl (C=O) groups excluding carboxylic acids is 1. The van der Waals surface area contributed by atoms with E-state index in [1.807, 2.05) is 19.0 Å². The lowest BCUT2D eigenvalue weighted by Crippen LogP contribution is -2.41. The molecule has 13 heavy (non-hydrogen) atoms. The van der Waals surface area contributed by atoms with Gasteiger partial charge in [-0.15, -0.1) is 0 Å². The second kappa shape index (κ2) is 4.46. The summed E-state index contributed by atoms with van der Waals surface area (Å²) in [4.78, 5) is 15.2. The third-order valence-electron chi connectivity index (χ3n) is 2.36. The van der Waals surface area contributed by atoms with Crippen molar-refractivity contribution in [1.29, 1.82) is 0 Å². The number of likely N-dealkylation sites (N-methyl/N-ethyl adjacent to an activating group) is 1. The van der Waals surface area contributed by atoms with Gasteiger partial charge in [0.2, 0.25) is 0 Å². The van der Waals surface area contributed by atoms with Gasteiger partial charge >= 0.3 is 6.09 Å². The van der Waals surface area contributed by atoms with Crippen molar-refractivity contribution in [3.63, 3.8) is 0 Å². The average Bonchev–Trinajstić information content (AvgIpc) is 2.50. The topological polar surface area (TPSA) is 32.8 Å². The third kappa shape index (κ3) is 2.59. The van der Waals surface area contributed by atoms with E-state index in [0.717, 1.165) is 25.9 Å². The van der Waals surface area contributed by atoms with Gasteiger partial charge in [-0.1, -0.05) is 0 Å². The molecule has 0 aliphatic carbocycles. The highest BCUT2D eigenvalue weighted by Crippen LogP contribution is 2.18. The Labute approximate surface area is 79.4 Å². The smallest absolute Gasteiger partial charge is 0.409 e. The normalized spacial score (nSPS) is 22.5. The molecule has 0 spiro atoms. The maximum Gasteiger partial charge on any atom is 0.409 e. The summed E-state index contributed by atoms with van der Waals surface area (Å²) >= 11 is 0. The Hall–Kier alpha value is -0.770. The monoisotopic (exact) mass is 186 g/mol. The molecule has 0 N–H and O–H groups in total. The molecule has 0 aromatic rings. The van der Waals surface area contributed by atoms with Crippen LogP contribution in [0.3, 0.4) is 0 Å². The molecule has 1 atom stereocenters. The summed E-state index contributed by atoms with van der Waals surface area (Å²) in [5, 5.41) is 0. The fourth-order valence-electron chi connectivity index (χ4n) is 1.80. The van der Waals surface area contributed by atoms with E-state index in [2.05, 4.69) is 4.90 Å². The van der Waals surface area contributed by atoms with Gasteiger partial charge in [-0.3, -0.25) is 0 Å². The summed E-state index contributed by atoms with van der Waals surface area (Å²) < 4.78 is 4.71. The minimum atomic E-state index is -0.190. The van der Waals surface area contributed by atoms with E-state index in [1.54, 1.807) is 0 Å². The number of nitrogens with zero attached hydrogens (tertiary/aromatic N) is 2. The minimum Gasteiger partial charge on any atom is -0.453 e. The Bertz CT molecular complexity index is 182. The van der Waals surface area contributed by atoms with Gasteiger partial charge in [0.25, 0.3) is 0 Å². The zero-order chi connectivity index (χ0) is 9.84. The van der Waals surface area contributed by atoms with Gasteiger partial charge in [-0.25, -0.2) is 4.79 Å². The van der Waals surface area contributed by atoms with Crippen molar-refractivity contribution in [3.05, 3.63) is 0 Å². The summed E-state index contributed by atoms with van der Waals surface area (Å²) in [5.74, 6) is 0. The van der Waals surface area contributed by atoms with E-state index in [4.69, 9.17) is 4.74 Å². The Kier molecular flexibility index (Phi) is 3.54. The molecule has 1 fully saturated rings. The predicted octanol–water partition coefficient (Wildman–Crippen LogP) is 0.779. The summed E-state index contributed by atoms with van der Waals surface area (Å²) in [5.41, 5.74) is 0. The molecule has 1 rings (SSSR count). The Morgan fingerprint density at radius 1 is 1.62 bits per heavy atom. The number of hydrogen-bond donors (Lipinski definition) is 0. The van der Waals surface area contributed by atoms with Gasteiger partial charge < -0.3 is 14.5 Å². The lowest BCUT2D eigenvalue weighted by Gasteiger charge is -2.25.